The number of nitrogens with zero attached hydrogens (tertiary/aromatic N) is 4. The smallest absolute Gasteiger partial charge is 0.405 e. The number of carbonyl (C=O) groups excluding carboxylic acids is 3. The summed E-state index contributed by atoms with van der Waals surface area (Å²) in [5.74, 6) is -1.87. The van der Waals surface area contributed by atoms with E-state index in [0.717, 1.165) is 12.0 Å². The molecule has 3 aromatic rings. The van der Waals surface area contributed by atoms with E-state index in [1.54, 1.807) is 37.6 Å². The molecule has 0 radical (unpaired) electrons. The monoisotopic (exact) mass is 843 g/mol. The molecule has 3 fully saturated rings. The lowest BCUT2D eigenvalue weighted by atomic mass is 9.88. The Hall–Kier alpha value is -5.58. The van der Waals surface area contributed by atoms with Crippen molar-refractivity contribution in [3.8, 4) is 34.1 Å². The number of aromatic nitrogens is 3. The van der Waals surface area contributed by atoms with Crippen molar-refractivity contribution < 1.29 is 42.2 Å². The molecule has 4 aliphatic rings. The molecule has 4 heterocycles. The number of rotatable bonds is 10. The van der Waals surface area contributed by atoms with Gasteiger partial charge in [0.25, 0.3) is 5.91 Å². The van der Waals surface area contributed by atoms with Gasteiger partial charge in [-0.3, -0.25) is 29.1 Å². The lowest BCUT2D eigenvalue weighted by Crippen LogP contribution is -2.59. The van der Waals surface area contributed by atoms with E-state index in [1.165, 1.54) is 4.90 Å². The molecule has 2 saturated carbocycles. The van der Waals surface area contributed by atoms with Gasteiger partial charge < -0.3 is 30.1 Å². The molecule has 320 valence electrons. The summed E-state index contributed by atoms with van der Waals surface area (Å²) in [5, 5.41) is 15.2. The second-order valence-corrected chi connectivity index (χ2v) is 19.4. The first-order valence-corrected chi connectivity index (χ1v) is 22.0. The standard InChI is InChI=1S/C43H53N7O9S/c1-25(2)58-30-12-10-28(11-13-30)33-19-31(20-34(46-33)35-23-44-16-17-45-35)59-32-21-36-38(51)48-43(40(53)49-60(56,57)42(5)14-15-42)22-29(43)9-7-6-8-26(3)18-27(4)37(47-41(54)55)39(52)50(36)24-32/h7,9-13,16-17,19-20,23,25-27,29,32,36-37,47H,6,8,14-15,18,21-22,24H2,1-5H3,(H,48,51)(H,49,53)(H,54,55)/t26-,27-,29-,32-,36+,37+,43-/m1/s1. The predicted octanol–water partition coefficient (Wildman–Crippen LogP) is 4.86. The summed E-state index contributed by atoms with van der Waals surface area (Å²) in [7, 11) is -4.03. The molecule has 4 amide bonds. The Morgan fingerprint density at radius 3 is 2.42 bits per heavy atom. The van der Waals surface area contributed by atoms with E-state index < -0.39 is 74.1 Å². The van der Waals surface area contributed by atoms with Gasteiger partial charge in [0.2, 0.25) is 21.8 Å². The van der Waals surface area contributed by atoms with Gasteiger partial charge in [-0.2, -0.15) is 0 Å². The van der Waals surface area contributed by atoms with Gasteiger partial charge >= 0.3 is 6.09 Å². The summed E-state index contributed by atoms with van der Waals surface area (Å²) in [6, 6.07) is 8.50. The molecule has 2 aliphatic heterocycles. The van der Waals surface area contributed by atoms with Crippen LogP contribution < -0.4 is 24.8 Å². The van der Waals surface area contributed by atoms with E-state index in [1.807, 2.05) is 64.1 Å². The Kier molecular flexibility index (Phi) is 11.9. The zero-order chi connectivity index (χ0) is 43.0. The molecule has 4 N–H and O–H groups in total. The number of carbonyl (C=O) groups is 4. The summed E-state index contributed by atoms with van der Waals surface area (Å²) in [6.07, 6.45) is 9.15. The van der Waals surface area contributed by atoms with Gasteiger partial charge in [-0.15, -0.1) is 0 Å². The molecule has 0 bridgehead atoms. The van der Waals surface area contributed by atoms with E-state index in [-0.39, 0.29) is 31.4 Å². The Balaban J connectivity index is 1.23. The van der Waals surface area contributed by atoms with Crippen LogP contribution in [0.25, 0.3) is 22.6 Å². The number of sulfonamides is 1. The molecule has 17 heteroatoms. The average molecular weight is 844 g/mol. The zero-order valence-corrected chi connectivity index (χ0v) is 35.3. The largest absolute Gasteiger partial charge is 0.491 e. The van der Waals surface area contributed by atoms with Crippen molar-refractivity contribution in [2.45, 2.75) is 114 Å². The number of hydrogen-bond acceptors (Lipinski definition) is 11. The zero-order valence-electron chi connectivity index (χ0n) is 34.5. The fourth-order valence-electron chi connectivity index (χ4n) is 8.18. The van der Waals surface area contributed by atoms with Gasteiger partial charge in [0.15, 0.2) is 0 Å². The number of benzene rings is 1. The topological polar surface area (TPSA) is 219 Å². The second-order valence-electron chi connectivity index (χ2n) is 17.2. The van der Waals surface area contributed by atoms with Crippen LogP contribution in [0.1, 0.15) is 79.6 Å². The van der Waals surface area contributed by atoms with Crippen molar-refractivity contribution in [1.29, 1.82) is 0 Å². The third-order valence-corrected chi connectivity index (χ3v) is 14.1. The van der Waals surface area contributed by atoms with Crippen LogP contribution in [0, 0.1) is 17.8 Å². The molecule has 2 aromatic heterocycles. The van der Waals surface area contributed by atoms with Crippen LogP contribution in [-0.2, 0) is 24.4 Å². The number of carboxylic acid groups (broad SMARTS) is 1. The van der Waals surface area contributed by atoms with Gasteiger partial charge in [0, 0.05) is 42.4 Å². The average Bonchev–Trinajstić information content (AvgIpc) is 4.08. The maximum atomic E-state index is 14.6. The lowest BCUT2D eigenvalue weighted by Gasteiger charge is -2.32. The SMILES string of the molecule is CC(C)Oc1ccc(-c2cc(O[C@@H]3C[C@H]4C(=O)N[C@]5(C(=O)NS(=O)(=O)C6(C)CC6)C[C@H]5C=CCC[C@@H](C)C[C@@H](C)[C@H](NC(=O)O)C(=O)N4C3)cc(-c3cnccn3)n2)cc1. The van der Waals surface area contributed by atoms with E-state index in [4.69, 9.17) is 14.5 Å². The molecule has 0 unspecified atom stereocenters. The summed E-state index contributed by atoms with van der Waals surface area (Å²) in [4.78, 5) is 70.0. The Morgan fingerprint density at radius 1 is 1.02 bits per heavy atom. The van der Waals surface area contributed by atoms with E-state index >= 15 is 0 Å². The fraction of sp³-hybridized carbons (Fsp3) is 0.512. The number of ether oxygens (including phenoxy) is 2. The molecule has 2 aliphatic carbocycles. The van der Waals surface area contributed by atoms with Crippen LogP contribution in [-0.4, -0.2) is 98.3 Å². The number of hydrogen-bond donors (Lipinski definition) is 4. The highest BCUT2D eigenvalue weighted by molar-refractivity contribution is 7.91. The van der Waals surface area contributed by atoms with Crippen molar-refractivity contribution in [2.75, 3.05) is 6.54 Å². The maximum Gasteiger partial charge on any atom is 0.405 e. The highest BCUT2D eigenvalue weighted by Crippen LogP contribution is 2.47. The molecular weight excluding hydrogens is 791 g/mol. The molecule has 1 aromatic carbocycles. The van der Waals surface area contributed by atoms with Crippen molar-refractivity contribution in [1.82, 2.24) is 35.2 Å². The van der Waals surface area contributed by atoms with Gasteiger partial charge in [-0.1, -0.05) is 26.0 Å². The predicted molar refractivity (Wildman–Crippen MR) is 221 cm³/mol. The highest BCUT2D eigenvalue weighted by Gasteiger charge is 2.63. The first-order chi connectivity index (χ1) is 28.5. The van der Waals surface area contributed by atoms with Crippen molar-refractivity contribution >= 4 is 33.8 Å². The van der Waals surface area contributed by atoms with Crippen LogP contribution in [0.15, 0.2) is 67.1 Å². The molecule has 7 atom stereocenters. The third-order valence-electron chi connectivity index (χ3n) is 12.0. The molecular formula is C43H53N7O9S. The number of allylic oxidation sites excluding steroid dienone is 1. The number of fused-ring (bicyclic) bond motifs is 2. The van der Waals surface area contributed by atoms with Crippen molar-refractivity contribution in [3.63, 3.8) is 0 Å². The van der Waals surface area contributed by atoms with Gasteiger partial charge in [0.1, 0.15) is 40.9 Å². The fourth-order valence-corrected chi connectivity index (χ4v) is 9.49. The van der Waals surface area contributed by atoms with E-state index in [0.29, 0.717) is 54.3 Å². The minimum atomic E-state index is -4.03. The first kappa shape index (κ1) is 42.5. The minimum Gasteiger partial charge on any atom is -0.491 e. The second kappa shape index (κ2) is 16.8. The Morgan fingerprint density at radius 2 is 1.75 bits per heavy atom. The summed E-state index contributed by atoms with van der Waals surface area (Å²) < 4.78 is 40.1. The summed E-state index contributed by atoms with van der Waals surface area (Å²) >= 11 is 0. The molecule has 7 rings (SSSR count). The molecule has 0 spiro atoms. The Labute approximate surface area is 350 Å². The quantitative estimate of drug-likeness (QED) is 0.201. The first-order valence-electron chi connectivity index (χ1n) is 20.5. The van der Waals surface area contributed by atoms with Crippen LogP contribution >= 0.6 is 0 Å². The lowest BCUT2D eigenvalue weighted by molar-refractivity contribution is -0.142. The summed E-state index contributed by atoms with van der Waals surface area (Å²) in [6.45, 7) is 9.21. The van der Waals surface area contributed by atoms with E-state index in [2.05, 4.69) is 25.3 Å². The van der Waals surface area contributed by atoms with Crippen LogP contribution in [0.3, 0.4) is 0 Å². The number of pyridine rings is 1. The number of amides is 4. The van der Waals surface area contributed by atoms with Crippen LogP contribution in [0.2, 0.25) is 0 Å². The molecule has 60 heavy (non-hydrogen) atoms. The third kappa shape index (κ3) is 9.25. The molecule has 1 saturated heterocycles. The van der Waals surface area contributed by atoms with E-state index in [9.17, 15) is 32.7 Å². The van der Waals surface area contributed by atoms with Gasteiger partial charge in [-0.05, 0) is 95.4 Å². The van der Waals surface area contributed by atoms with Gasteiger partial charge in [0.05, 0.1) is 35.0 Å². The van der Waals surface area contributed by atoms with Crippen molar-refractivity contribution in [3.05, 3.63) is 67.1 Å². The minimum absolute atomic E-state index is 0.0113. The number of nitrogens with one attached hydrogen (secondary N) is 3. The Bertz CT molecular complexity index is 2250. The highest BCUT2D eigenvalue weighted by atomic mass is 32.2. The molecule has 16 nitrogen and oxygen atoms in total. The maximum absolute atomic E-state index is 14.6. The van der Waals surface area contributed by atoms with Crippen molar-refractivity contribution in [2.24, 2.45) is 17.8 Å². The van der Waals surface area contributed by atoms with Crippen LogP contribution in [0.4, 0.5) is 4.79 Å². The normalized spacial score (nSPS) is 27.7. The summed E-state index contributed by atoms with van der Waals surface area (Å²) in [5.41, 5.74) is 0.686. The van der Waals surface area contributed by atoms with Crippen LogP contribution in [0.5, 0.6) is 11.5 Å². The van der Waals surface area contributed by atoms with Gasteiger partial charge in [-0.25, -0.2) is 18.2 Å².